The van der Waals surface area contributed by atoms with Crippen LogP contribution in [0.25, 0.3) is 10.2 Å². The van der Waals surface area contributed by atoms with Gasteiger partial charge in [0.25, 0.3) is 0 Å². The Kier molecular flexibility index (Phi) is 2.71. The van der Waals surface area contributed by atoms with Gasteiger partial charge in [0, 0.05) is 0 Å². The number of aromatic nitrogens is 1. The van der Waals surface area contributed by atoms with E-state index in [2.05, 4.69) is 18.8 Å². The average molecular weight is 224 g/mol. The van der Waals surface area contributed by atoms with Gasteiger partial charge in [-0.3, -0.25) is 0 Å². The highest BCUT2D eigenvalue weighted by Gasteiger charge is 2.15. The third-order valence-electron chi connectivity index (χ3n) is 2.37. The van der Waals surface area contributed by atoms with Crippen molar-refractivity contribution >= 4 is 21.6 Å². The normalized spacial score (nSPS) is 13.7. The topological polar surface area (TPSA) is 38.9 Å². The van der Waals surface area contributed by atoms with Gasteiger partial charge in [0.15, 0.2) is 0 Å². The first-order valence-electron chi connectivity index (χ1n) is 4.89. The van der Waals surface area contributed by atoms with Gasteiger partial charge < -0.3 is 5.73 Å². The first-order chi connectivity index (χ1) is 7.08. The van der Waals surface area contributed by atoms with Crippen molar-refractivity contribution < 1.29 is 4.39 Å². The minimum atomic E-state index is -0.226. The maximum Gasteiger partial charge on any atom is 0.124 e. The fourth-order valence-electron chi connectivity index (χ4n) is 1.34. The van der Waals surface area contributed by atoms with Crippen LogP contribution in [0.4, 0.5) is 4.39 Å². The van der Waals surface area contributed by atoms with Crippen molar-refractivity contribution in [3.8, 4) is 0 Å². The zero-order valence-corrected chi connectivity index (χ0v) is 9.51. The van der Waals surface area contributed by atoms with Crippen molar-refractivity contribution in [2.75, 3.05) is 0 Å². The lowest BCUT2D eigenvalue weighted by atomic mass is 10.1. The summed E-state index contributed by atoms with van der Waals surface area (Å²) in [6, 6.07) is 4.55. The highest BCUT2D eigenvalue weighted by atomic mass is 32.1. The summed E-state index contributed by atoms with van der Waals surface area (Å²) >= 11 is 1.47. The summed E-state index contributed by atoms with van der Waals surface area (Å²) in [5, 5.41) is 0.880. The lowest BCUT2D eigenvalue weighted by Gasteiger charge is -2.11. The fraction of sp³-hybridized carbons (Fsp3) is 0.364. The van der Waals surface area contributed by atoms with E-state index in [1.54, 1.807) is 6.07 Å². The van der Waals surface area contributed by atoms with Crippen molar-refractivity contribution in [2.45, 2.75) is 19.9 Å². The minimum Gasteiger partial charge on any atom is -0.322 e. The molecule has 80 valence electrons. The van der Waals surface area contributed by atoms with E-state index in [-0.39, 0.29) is 11.9 Å². The van der Waals surface area contributed by atoms with Gasteiger partial charge in [0.1, 0.15) is 10.8 Å². The zero-order chi connectivity index (χ0) is 11.0. The van der Waals surface area contributed by atoms with Crippen molar-refractivity contribution in [1.82, 2.24) is 4.98 Å². The molecule has 1 atom stereocenters. The van der Waals surface area contributed by atoms with Crippen LogP contribution in [0.15, 0.2) is 18.2 Å². The lowest BCUT2D eigenvalue weighted by molar-refractivity contribution is 0.513. The molecule has 2 rings (SSSR count). The predicted octanol–water partition coefficient (Wildman–Crippen LogP) is 3.09. The molecule has 0 radical (unpaired) electrons. The quantitative estimate of drug-likeness (QED) is 0.851. The highest BCUT2D eigenvalue weighted by molar-refractivity contribution is 7.18. The van der Waals surface area contributed by atoms with Crippen LogP contribution in [0.2, 0.25) is 0 Å². The Hall–Kier alpha value is -1.000. The van der Waals surface area contributed by atoms with Gasteiger partial charge in [0.05, 0.1) is 16.3 Å². The van der Waals surface area contributed by atoms with E-state index in [0.29, 0.717) is 5.92 Å². The summed E-state index contributed by atoms with van der Waals surface area (Å²) in [7, 11) is 0. The summed E-state index contributed by atoms with van der Waals surface area (Å²) in [5.41, 5.74) is 6.82. The van der Waals surface area contributed by atoms with Crippen LogP contribution in [0.3, 0.4) is 0 Å². The summed E-state index contributed by atoms with van der Waals surface area (Å²) in [5.74, 6) is 0.117. The van der Waals surface area contributed by atoms with E-state index >= 15 is 0 Å². The molecule has 1 aromatic heterocycles. The molecule has 0 saturated carbocycles. The number of fused-ring (bicyclic) bond motifs is 1. The monoisotopic (exact) mass is 224 g/mol. The smallest absolute Gasteiger partial charge is 0.124 e. The van der Waals surface area contributed by atoms with E-state index < -0.39 is 0 Å². The van der Waals surface area contributed by atoms with Crippen LogP contribution in [0.1, 0.15) is 24.9 Å². The largest absolute Gasteiger partial charge is 0.322 e. The fourth-order valence-corrected chi connectivity index (χ4v) is 2.51. The highest BCUT2D eigenvalue weighted by Crippen LogP contribution is 2.28. The van der Waals surface area contributed by atoms with Crippen molar-refractivity contribution in [1.29, 1.82) is 0 Å². The van der Waals surface area contributed by atoms with E-state index in [0.717, 1.165) is 15.2 Å². The first-order valence-corrected chi connectivity index (χ1v) is 5.71. The van der Waals surface area contributed by atoms with Crippen molar-refractivity contribution in [3.05, 3.63) is 29.0 Å². The molecule has 0 aliphatic carbocycles. The summed E-state index contributed by atoms with van der Waals surface area (Å²) in [6.45, 7) is 4.11. The van der Waals surface area contributed by atoms with Crippen molar-refractivity contribution in [2.24, 2.45) is 11.7 Å². The second kappa shape index (κ2) is 3.87. The molecule has 0 unspecified atom stereocenters. The Morgan fingerprint density at radius 1 is 1.40 bits per heavy atom. The molecule has 0 saturated heterocycles. The number of hydrogen-bond acceptors (Lipinski definition) is 3. The molecular formula is C11H13FN2S. The van der Waals surface area contributed by atoms with Gasteiger partial charge in [-0.2, -0.15) is 0 Å². The molecule has 0 spiro atoms. The van der Waals surface area contributed by atoms with Crippen LogP contribution in [0.5, 0.6) is 0 Å². The predicted molar refractivity (Wildman–Crippen MR) is 61.3 cm³/mol. The minimum absolute atomic E-state index is 0.0644. The first kappa shape index (κ1) is 10.5. The molecule has 4 heteroatoms. The van der Waals surface area contributed by atoms with Crippen LogP contribution in [-0.2, 0) is 0 Å². The molecule has 0 aliphatic rings. The number of rotatable bonds is 2. The van der Waals surface area contributed by atoms with Crippen molar-refractivity contribution in [3.63, 3.8) is 0 Å². The second-order valence-corrected chi connectivity index (χ2v) is 5.00. The molecule has 1 aromatic carbocycles. The molecule has 15 heavy (non-hydrogen) atoms. The Labute approximate surface area is 91.9 Å². The standard InChI is InChI=1S/C11H13FN2S/c1-6(2)10(13)11-14-8-4-3-7(12)5-9(8)15-11/h3-6,10H,13H2,1-2H3/t10-/m0/s1. The van der Waals surface area contributed by atoms with Gasteiger partial charge in [-0.05, 0) is 24.1 Å². The summed E-state index contributed by atoms with van der Waals surface area (Å²) in [6.07, 6.45) is 0. The number of thiazole rings is 1. The van der Waals surface area contributed by atoms with Crippen LogP contribution >= 0.6 is 11.3 Å². The lowest BCUT2D eigenvalue weighted by Crippen LogP contribution is -2.16. The maximum atomic E-state index is 13.0. The SMILES string of the molecule is CC(C)[C@H](N)c1nc2ccc(F)cc2s1. The van der Waals surface area contributed by atoms with Gasteiger partial charge in [-0.1, -0.05) is 13.8 Å². The molecule has 0 fully saturated rings. The summed E-state index contributed by atoms with van der Waals surface area (Å²) in [4.78, 5) is 4.40. The average Bonchev–Trinajstić information content (AvgIpc) is 2.58. The number of halogens is 1. The molecule has 2 nitrogen and oxygen atoms in total. The Balaban J connectivity index is 2.47. The van der Waals surface area contributed by atoms with Crippen LogP contribution < -0.4 is 5.73 Å². The number of hydrogen-bond donors (Lipinski definition) is 1. The molecule has 0 aliphatic heterocycles. The number of nitrogens with two attached hydrogens (primary N) is 1. The molecular weight excluding hydrogens is 211 g/mol. The van der Waals surface area contributed by atoms with E-state index in [4.69, 9.17) is 5.73 Å². The molecule has 0 amide bonds. The Bertz CT molecular complexity index is 478. The van der Waals surface area contributed by atoms with Gasteiger partial charge in [-0.15, -0.1) is 11.3 Å². The molecule has 2 aromatic rings. The van der Waals surface area contributed by atoms with E-state index in [9.17, 15) is 4.39 Å². The zero-order valence-electron chi connectivity index (χ0n) is 8.70. The number of nitrogens with zero attached hydrogens (tertiary/aromatic N) is 1. The third kappa shape index (κ3) is 2.01. The van der Waals surface area contributed by atoms with E-state index in [1.807, 2.05) is 0 Å². The second-order valence-electron chi connectivity index (χ2n) is 3.93. The van der Waals surface area contributed by atoms with Gasteiger partial charge in [0.2, 0.25) is 0 Å². The van der Waals surface area contributed by atoms with Gasteiger partial charge in [-0.25, -0.2) is 9.37 Å². The Morgan fingerprint density at radius 2 is 2.13 bits per heavy atom. The molecule has 0 bridgehead atoms. The number of benzene rings is 1. The van der Waals surface area contributed by atoms with Crippen LogP contribution in [-0.4, -0.2) is 4.98 Å². The molecule has 1 heterocycles. The maximum absolute atomic E-state index is 13.0. The third-order valence-corrected chi connectivity index (χ3v) is 3.49. The van der Waals surface area contributed by atoms with Gasteiger partial charge >= 0.3 is 0 Å². The van der Waals surface area contributed by atoms with Crippen LogP contribution in [0, 0.1) is 11.7 Å². The molecule has 2 N–H and O–H groups in total. The summed E-state index contributed by atoms with van der Waals surface area (Å²) < 4.78 is 13.8. The van der Waals surface area contributed by atoms with E-state index in [1.165, 1.54) is 23.5 Å². The Morgan fingerprint density at radius 3 is 2.80 bits per heavy atom.